The molecular formula is C12H18N2OS. The van der Waals surface area contributed by atoms with Crippen molar-refractivity contribution in [1.29, 1.82) is 0 Å². The van der Waals surface area contributed by atoms with E-state index in [0.717, 1.165) is 23.5 Å². The SMILES string of the molecule is Cc1ccsc1C(=O)N(C)CC1CCCN1. The number of rotatable bonds is 3. The van der Waals surface area contributed by atoms with Crippen molar-refractivity contribution in [2.75, 3.05) is 20.1 Å². The number of nitrogens with zero attached hydrogens (tertiary/aromatic N) is 1. The van der Waals surface area contributed by atoms with Crippen molar-refractivity contribution < 1.29 is 4.79 Å². The summed E-state index contributed by atoms with van der Waals surface area (Å²) >= 11 is 1.53. The molecule has 1 N–H and O–H groups in total. The zero-order valence-electron chi connectivity index (χ0n) is 9.82. The highest BCUT2D eigenvalue weighted by Crippen LogP contribution is 2.18. The van der Waals surface area contributed by atoms with Crippen LogP contribution in [-0.4, -0.2) is 37.0 Å². The number of hydrogen-bond acceptors (Lipinski definition) is 3. The molecule has 1 aromatic heterocycles. The van der Waals surface area contributed by atoms with E-state index in [0.29, 0.717) is 6.04 Å². The molecule has 1 unspecified atom stereocenters. The third-order valence-electron chi connectivity index (χ3n) is 3.06. The summed E-state index contributed by atoms with van der Waals surface area (Å²) in [7, 11) is 1.89. The first kappa shape index (κ1) is 11.6. The van der Waals surface area contributed by atoms with Crippen LogP contribution in [0.4, 0.5) is 0 Å². The van der Waals surface area contributed by atoms with E-state index in [9.17, 15) is 4.79 Å². The number of hydrogen-bond donors (Lipinski definition) is 1. The number of aryl methyl sites for hydroxylation is 1. The zero-order chi connectivity index (χ0) is 11.5. The maximum absolute atomic E-state index is 12.1. The van der Waals surface area contributed by atoms with E-state index in [2.05, 4.69) is 5.32 Å². The summed E-state index contributed by atoms with van der Waals surface area (Å²) in [6.07, 6.45) is 2.41. The molecule has 1 aliphatic heterocycles. The lowest BCUT2D eigenvalue weighted by Crippen LogP contribution is -2.38. The lowest BCUT2D eigenvalue weighted by molar-refractivity contribution is 0.0788. The van der Waals surface area contributed by atoms with Crippen LogP contribution in [0.1, 0.15) is 28.1 Å². The van der Waals surface area contributed by atoms with Gasteiger partial charge < -0.3 is 10.2 Å². The fourth-order valence-electron chi connectivity index (χ4n) is 2.09. The topological polar surface area (TPSA) is 32.3 Å². The highest BCUT2D eigenvalue weighted by atomic mass is 32.1. The molecule has 4 heteroatoms. The van der Waals surface area contributed by atoms with Gasteiger partial charge in [-0.25, -0.2) is 0 Å². The number of thiophene rings is 1. The molecule has 16 heavy (non-hydrogen) atoms. The molecule has 1 aliphatic rings. The Kier molecular flexibility index (Phi) is 3.61. The van der Waals surface area contributed by atoms with Crippen LogP contribution in [-0.2, 0) is 0 Å². The Morgan fingerprint density at radius 1 is 1.69 bits per heavy atom. The van der Waals surface area contributed by atoms with E-state index in [4.69, 9.17) is 0 Å². The third kappa shape index (κ3) is 2.44. The largest absolute Gasteiger partial charge is 0.339 e. The fourth-order valence-corrected chi connectivity index (χ4v) is 3.01. The summed E-state index contributed by atoms with van der Waals surface area (Å²) < 4.78 is 0. The lowest BCUT2D eigenvalue weighted by atomic mass is 10.2. The van der Waals surface area contributed by atoms with Crippen molar-refractivity contribution in [3.63, 3.8) is 0 Å². The fraction of sp³-hybridized carbons (Fsp3) is 0.583. The van der Waals surface area contributed by atoms with Crippen LogP contribution >= 0.6 is 11.3 Å². The molecule has 88 valence electrons. The normalized spacial score (nSPS) is 20.0. The van der Waals surface area contributed by atoms with Crippen LogP contribution in [0.25, 0.3) is 0 Å². The van der Waals surface area contributed by atoms with Gasteiger partial charge in [0.1, 0.15) is 0 Å². The Labute approximate surface area is 100 Å². The molecule has 0 radical (unpaired) electrons. The summed E-state index contributed by atoms with van der Waals surface area (Å²) in [6.45, 7) is 3.90. The van der Waals surface area contributed by atoms with Crippen LogP contribution in [0.15, 0.2) is 11.4 Å². The van der Waals surface area contributed by atoms with E-state index >= 15 is 0 Å². The molecule has 0 aliphatic carbocycles. The molecule has 2 heterocycles. The monoisotopic (exact) mass is 238 g/mol. The minimum atomic E-state index is 0.154. The molecule has 0 aromatic carbocycles. The molecule has 2 rings (SSSR count). The predicted octanol–water partition coefficient (Wildman–Crippen LogP) is 1.88. The van der Waals surface area contributed by atoms with Crippen molar-refractivity contribution in [2.24, 2.45) is 0 Å². The van der Waals surface area contributed by atoms with E-state index in [1.807, 2.05) is 30.3 Å². The van der Waals surface area contributed by atoms with E-state index in [1.165, 1.54) is 24.2 Å². The highest BCUT2D eigenvalue weighted by molar-refractivity contribution is 7.12. The van der Waals surface area contributed by atoms with Crippen LogP contribution in [0.5, 0.6) is 0 Å². The van der Waals surface area contributed by atoms with Gasteiger partial charge in [0.25, 0.3) is 5.91 Å². The van der Waals surface area contributed by atoms with Crippen LogP contribution in [0, 0.1) is 6.92 Å². The number of carbonyl (C=O) groups excluding carboxylic acids is 1. The predicted molar refractivity (Wildman–Crippen MR) is 67.0 cm³/mol. The maximum atomic E-state index is 12.1. The molecule has 1 saturated heterocycles. The van der Waals surface area contributed by atoms with Crippen LogP contribution < -0.4 is 5.32 Å². The molecule has 1 aromatic rings. The summed E-state index contributed by atoms with van der Waals surface area (Å²) in [6, 6.07) is 2.48. The standard InChI is InChI=1S/C12H18N2OS/c1-9-5-7-16-11(9)12(15)14(2)8-10-4-3-6-13-10/h5,7,10,13H,3-4,6,8H2,1-2H3. The second kappa shape index (κ2) is 4.97. The first-order valence-electron chi connectivity index (χ1n) is 5.71. The molecule has 1 fully saturated rings. The van der Waals surface area contributed by atoms with Gasteiger partial charge in [0.05, 0.1) is 4.88 Å². The Balaban J connectivity index is 1.96. The summed E-state index contributed by atoms with van der Waals surface area (Å²) in [5.74, 6) is 0.154. The summed E-state index contributed by atoms with van der Waals surface area (Å²) in [5, 5.41) is 5.39. The molecule has 3 nitrogen and oxygen atoms in total. The first-order chi connectivity index (χ1) is 7.68. The Hall–Kier alpha value is -0.870. The minimum Gasteiger partial charge on any atom is -0.339 e. The number of carbonyl (C=O) groups is 1. The second-order valence-electron chi connectivity index (χ2n) is 4.41. The highest BCUT2D eigenvalue weighted by Gasteiger charge is 2.21. The van der Waals surface area contributed by atoms with Crippen LogP contribution in [0.2, 0.25) is 0 Å². The van der Waals surface area contributed by atoms with Crippen molar-refractivity contribution in [3.8, 4) is 0 Å². The first-order valence-corrected chi connectivity index (χ1v) is 6.59. The molecule has 1 atom stereocenters. The summed E-state index contributed by atoms with van der Waals surface area (Å²) in [4.78, 5) is 14.8. The van der Waals surface area contributed by atoms with Crippen LogP contribution in [0.3, 0.4) is 0 Å². The molecule has 1 amide bonds. The number of likely N-dealkylation sites (N-methyl/N-ethyl adjacent to an activating group) is 1. The average Bonchev–Trinajstić information content (AvgIpc) is 2.88. The quantitative estimate of drug-likeness (QED) is 0.872. The van der Waals surface area contributed by atoms with Gasteiger partial charge in [0.2, 0.25) is 0 Å². The van der Waals surface area contributed by atoms with Gasteiger partial charge in [0.15, 0.2) is 0 Å². The number of amides is 1. The average molecular weight is 238 g/mol. The zero-order valence-corrected chi connectivity index (χ0v) is 10.6. The second-order valence-corrected chi connectivity index (χ2v) is 5.33. The van der Waals surface area contributed by atoms with Crippen molar-refractivity contribution in [1.82, 2.24) is 10.2 Å². The van der Waals surface area contributed by atoms with E-state index in [-0.39, 0.29) is 5.91 Å². The molecule has 0 bridgehead atoms. The third-order valence-corrected chi connectivity index (χ3v) is 4.06. The lowest BCUT2D eigenvalue weighted by Gasteiger charge is -2.21. The summed E-state index contributed by atoms with van der Waals surface area (Å²) in [5.41, 5.74) is 1.08. The molecule has 0 spiro atoms. The van der Waals surface area contributed by atoms with E-state index in [1.54, 1.807) is 0 Å². The molecule has 0 saturated carbocycles. The smallest absolute Gasteiger partial charge is 0.263 e. The van der Waals surface area contributed by atoms with Gasteiger partial charge in [-0.3, -0.25) is 4.79 Å². The van der Waals surface area contributed by atoms with Gasteiger partial charge in [-0.15, -0.1) is 11.3 Å². The van der Waals surface area contributed by atoms with Gasteiger partial charge in [-0.2, -0.15) is 0 Å². The Morgan fingerprint density at radius 2 is 2.50 bits per heavy atom. The maximum Gasteiger partial charge on any atom is 0.263 e. The van der Waals surface area contributed by atoms with Gasteiger partial charge >= 0.3 is 0 Å². The Morgan fingerprint density at radius 3 is 3.06 bits per heavy atom. The van der Waals surface area contributed by atoms with Gasteiger partial charge in [-0.1, -0.05) is 0 Å². The van der Waals surface area contributed by atoms with Gasteiger partial charge in [0, 0.05) is 19.6 Å². The minimum absolute atomic E-state index is 0.154. The van der Waals surface area contributed by atoms with E-state index < -0.39 is 0 Å². The molecular weight excluding hydrogens is 220 g/mol. The van der Waals surface area contributed by atoms with Gasteiger partial charge in [-0.05, 0) is 43.3 Å². The van der Waals surface area contributed by atoms with Crippen molar-refractivity contribution in [3.05, 3.63) is 21.9 Å². The van der Waals surface area contributed by atoms with Crippen molar-refractivity contribution >= 4 is 17.2 Å². The Bertz CT molecular complexity index is 369. The number of nitrogens with one attached hydrogen (secondary N) is 1. The van der Waals surface area contributed by atoms with Crippen molar-refractivity contribution in [2.45, 2.75) is 25.8 Å².